The zero-order valence-electron chi connectivity index (χ0n) is 19.5. The van der Waals surface area contributed by atoms with Gasteiger partial charge in [0.1, 0.15) is 5.75 Å². The molecule has 0 spiro atoms. The van der Waals surface area contributed by atoms with E-state index in [1.807, 2.05) is 6.07 Å². The molecule has 3 N–H and O–H groups in total. The topological polar surface area (TPSA) is 123 Å². The Morgan fingerprint density at radius 3 is 2.43 bits per heavy atom. The highest BCUT2D eigenvalue weighted by atomic mass is 16.5. The van der Waals surface area contributed by atoms with Crippen molar-refractivity contribution >= 4 is 29.1 Å². The Kier molecular flexibility index (Phi) is 7.77. The van der Waals surface area contributed by atoms with Crippen molar-refractivity contribution in [1.82, 2.24) is 10.3 Å². The van der Waals surface area contributed by atoms with Crippen molar-refractivity contribution in [1.29, 1.82) is 0 Å². The summed E-state index contributed by atoms with van der Waals surface area (Å²) in [6, 6.07) is 12.0. The number of benzene rings is 2. The number of aromatic nitrogens is 1. The van der Waals surface area contributed by atoms with E-state index in [2.05, 4.69) is 20.9 Å². The number of ether oxygens (including phenoxy) is 1. The van der Waals surface area contributed by atoms with Gasteiger partial charge in [-0.15, -0.1) is 0 Å². The Labute approximate surface area is 203 Å². The van der Waals surface area contributed by atoms with Crippen LogP contribution in [0.2, 0.25) is 0 Å². The summed E-state index contributed by atoms with van der Waals surface area (Å²) >= 11 is 0. The molecule has 1 aliphatic rings. The monoisotopic (exact) mass is 476 g/mol. The summed E-state index contributed by atoms with van der Waals surface area (Å²) in [4.78, 5) is 41.2. The molecule has 1 heterocycles. The van der Waals surface area contributed by atoms with E-state index in [-0.39, 0.29) is 11.8 Å². The molecule has 4 rings (SSSR count). The number of rotatable bonds is 7. The number of hydrogen-bond donors (Lipinski definition) is 3. The number of nitrogens with zero attached hydrogens (tertiary/aromatic N) is 1. The molecule has 1 fully saturated rings. The minimum absolute atomic E-state index is 0.0725. The summed E-state index contributed by atoms with van der Waals surface area (Å²) in [6.45, 7) is 0.364. The van der Waals surface area contributed by atoms with Gasteiger partial charge in [0.15, 0.2) is 12.2 Å². The van der Waals surface area contributed by atoms with Gasteiger partial charge in [-0.2, -0.15) is 0 Å². The van der Waals surface area contributed by atoms with E-state index in [4.69, 9.17) is 9.15 Å². The average molecular weight is 477 g/mol. The maximum atomic E-state index is 12.5. The third kappa shape index (κ3) is 6.26. The summed E-state index contributed by atoms with van der Waals surface area (Å²) in [5, 5.41) is 8.14. The fourth-order valence-electron chi connectivity index (χ4n) is 4.15. The van der Waals surface area contributed by atoms with Gasteiger partial charge < -0.3 is 25.1 Å². The first-order chi connectivity index (χ1) is 17.0. The molecular formula is C26H28N4O5. The predicted molar refractivity (Wildman–Crippen MR) is 131 cm³/mol. The van der Waals surface area contributed by atoms with Crippen LogP contribution in [0.15, 0.2) is 59.5 Å². The average Bonchev–Trinajstić information content (AvgIpc) is 3.42. The molecule has 9 nitrogen and oxygen atoms in total. The van der Waals surface area contributed by atoms with E-state index in [0.717, 1.165) is 31.2 Å². The van der Waals surface area contributed by atoms with Crippen molar-refractivity contribution in [2.75, 3.05) is 17.7 Å². The fraction of sp³-hybridized carbons (Fsp3) is 0.308. The van der Waals surface area contributed by atoms with Gasteiger partial charge in [0.05, 0.1) is 18.9 Å². The maximum absolute atomic E-state index is 12.5. The molecule has 0 unspecified atom stereocenters. The normalized spacial score (nSPS) is 13.6. The first-order valence-corrected chi connectivity index (χ1v) is 11.6. The van der Waals surface area contributed by atoms with Gasteiger partial charge in [-0.05, 0) is 42.7 Å². The summed E-state index contributed by atoms with van der Waals surface area (Å²) in [5.74, 6) is -0.501. The van der Waals surface area contributed by atoms with Crippen LogP contribution in [0, 0.1) is 5.92 Å². The summed E-state index contributed by atoms with van der Waals surface area (Å²) in [6.07, 6.45) is 8.13. The molecule has 2 aromatic carbocycles. The molecule has 0 radical (unpaired) electrons. The number of hydrogen-bond acceptors (Lipinski definition) is 6. The number of carbonyl (C=O) groups is 3. The summed E-state index contributed by atoms with van der Waals surface area (Å²) < 4.78 is 10.7. The molecule has 0 saturated heterocycles. The molecule has 1 saturated carbocycles. The number of oxazole rings is 1. The predicted octanol–water partition coefficient (Wildman–Crippen LogP) is 4.12. The third-order valence-corrected chi connectivity index (χ3v) is 5.99. The van der Waals surface area contributed by atoms with E-state index in [9.17, 15) is 14.4 Å². The van der Waals surface area contributed by atoms with E-state index < -0.39 is 11.8 Å². The van der Waals surface area contributed by atoms with E-state index in [1.165, 1.54) is 19.9 Å². The lowest BCUT2D eigenvalue weighted by atomic mass is 9.88. The van der Waals surface area contributed by atoms with Gasteiger partial charge in [0.2, 0.25) is 5.91 Å². The number of anilines is 2. The molecule has 3 amide bonds. The molecule has 1 aromatic heterocycles. The van der Waals surface area contributed by atoms with Crippen molar-refractivity contribution in [3.8, 4) is 17.1 Å². The minimum Gasteiger partial charge on any atom is -0.496 e. The Morgan fingerprint density at radius 2 is 1.74 bits per heavy atom. The Bertz CT molecular complexity index is 1190. The highest BCUT2D eigenvalue weighted by Gasteiger charge is 2.21. The highest BCUT2D eigenvalue weighted by molar-refractivity contribution is 6.43. The molecule has 0 bridgehead atoms. The Hall–Kier alpha value is -4.14. The lowest BCUT2D eigenvalue weighted by molar-refractivity contribution is -0.133. The lowest BCUT2D eigenvalue weighted by Crippen LogP contribution is -2.31. The van der Waals surface area contributed by atoms with Gasteiger partial charge >= 0.3 is 11.8 Å². The van der Waals surface area contributed by atoms with Gasteiger partial charge in [-0.1, -0.05) is 31.4 Å². The highest BCUT2D eigenvalue weighted by Crippen LogP contribution is 2.32. The maximum Gasteiger partial charge on any atom is 0.314 e. The number of carbonyl (C=O) groups excluding carboxylic acids is 3. The number of amides is 3. The first-order valence-electron chi connectivity index (χ1n) is 11.6. The third-order valence-electron chi connectivity index (χ3n) is 5.99. The summed E-state index contributed by atoms with van der Waals surface area (Å²) in [7, 11) is 1.50. The molecule has 3 aromatic rings. The summed E-state index contributed by atoms with van der Waals surface area (Å²) in [5.41, 5.74) is 2.36. The van der Waals surface area contributed by atoms with Crippen LogP contribution in [0.3, 0.4) is 0 Å². The van der Waals surface area contributed by atoms with Gasteiger partial charge in [-0.3, -0.25) is 14.4 Å². The van der Waals surface area contributed by atoms with Crippen LogP contribution in [0.25, 0.3) is 11.3 Å². The van der Waals surface area contributed by atoms with E-state index >= 15 is 0 Å². The zero-order chi connectivity index (χ0) is 24.6. The smallest absolute Gasteiger partial charge is 0.314 e. The first kappa shape index (κ1) is 24.0. The quantitative estimate of drug-likeness (QED) is 0.441. The van der Waals surface area contributed by atoms with Gasteiger partial charge in [0, 0.05) is 29.9 Å². The second-order valence-corrected chi connectivity index (χ2v) is 8.44. The number of nitrogens with one attached hydrogen (secondary N) is 3. The van der Waals surface area contributed by atoms with Crippen LogP contribution in [-0.4, -0.2) is 29.8 Å². The van der Waals surface area contributed by atoms with Crippen LogP contribution < -0.4 is 20.7 Å². The number of methoxy groups -OCH3 is 1. The largest absolute Gasteiger partial charge is 0.496 e. The molecule has 9 heteroatoms. The molecule has 0 atom stereocenters. The van der Waals surface area contributed by atoms with Crippen LogP contribution in [0.1, 0.15) is 37.7 Å². The second-order valence-electron chi connectivity index (χ2n) is 8.44. The van der Waals surface area contributed by atoms with Crippen molar-refractivity contribution in [3.63, 3.8) is 0 Å². The van der Waals surface area contributed by atoms with Crippen molar-refractivity contribution in [2.45, 2.75) is 38.6 Å². The van der Waals surface area contributed by atoms with Crippen molar-refractivity contribution < 1.29 is 23.5 Å². The zero-order valence-corrected chi connectivity index (χ0v) is 19.5. The molecule has 35 heavy (non-hydrogen) atoms. The van der Waals surface area contributed by atoms with Gasteiger partial charge in [0.25, 0.3) is 0 Å². The molecule has 182 valence electrons. The minimum atomic E-state index is -0.824. The molecule has 0 aliphatic heterocycles. The van der Waals surface area contributed by atoms with Crippen LogP contribution in [0.5, 0.6) is 5.75 Å². The second kappa shape index (κ2) is 11.3. The Morgan fingerprint density at radius 1 is 1.00 bits per heavy atom. The molecular weight excluding hydrogens is 448 g/mol. The lowest BCUT2D eigenvalue weighted by Gasteiger charge is -2.20. The van der Waals surface area contributed by atoms with Gasteiger partial charge in [-0.25, -0.2) is 4.98 Å². The fourth-order valence-corrected chi connectivity index (χ4v) is 4.15. The van der Waals surface area contributed by atoms with E-state index in [1.54, 1.807) is 42.6 Å². The van der Waals surface area contributed by atoms with Crippen molar-refractivity contribution in [2.24, 2.45) is 5.92 Å². The van der Waals surface area contributed by atoms with Crippen LogP contribution in [0.4, 0.5) is 11.4 Å². The SMILES string of the molecule is COc1cc(NC(=O)C(=O)Nc2cccc(CNC(=O)C3CCCCC3)c2)ccc1-c1cnco1. The van der Waals surface area contributed by atoms with E-state index in [0.29, 0.717) is 35.0 Å². The Balaban J connectivity index is 1.33. The molecule has 1 aliphatic carbocycles. The van der Waals surface area contributed by atoms with Crippen LogP contribution in [-0.2, 0) is 20.9 Å². The van der Waals surface area contributed by atoms with Crippen molar-refractivity contribution in [3.05, 3.63) is 60.6 Å². The van der Waals surface area contributed by atoms with Crippen LogP contribution >= 0.6 is 0 Å². The standard InChI is InChI=1S/C26H28N4O5/c1-34-22-13-20(10-11-21(22)23-15-27-16-35-23)30-26(33)25(32)29-19-9-5-6-17(12-19)14-28-24(31)18-7-3-2-4-8-18/h5-6,9-13,15-16,18H,2-4,7-8,14H2,1H3,(H,28,31)(H,29,32)(H,30,33).